The molecule has 1 aromatic heterocycles. The van der Waals surface area contributed by atoms with Gasteiger partial charge in [-0.1, -0.05) is 90.0 Å². The van der Waals surface area contributed by atoms with Crippen molar-refractivity contribution in [3.63, 3.8) is 0 Å². The van der Waals surface area contributed by atoms with Crippen LogP contribution in [0.5, 0.6) is 0 Å². The standard InChI is InChI=1S/C33H55N3O6/c1-4-6-7-8-9-10-11-12-13-14-15-16-19-22-35(5-2)32(38)41-26-29-23-31(40-25-29)27-42-33(39)36(28(3)37)24-30-20-17-18-21-34-30/h17-18,20-21,29,31H,4-16,19,22-27H2,1-3H3/t29-,31-/m0/s1. The van der Waals surface area contributed by atoms with Gasteiger partial charge >= 0.3 is 12.2 Å². The molecule has 0 radical (unpaired) electrons. The molecule has 2 rings (SSSR count). The molecule has 0 saturated carbocycles. The van der Waals surface area contributed by atoms with Crippen LogP contribution in [-0.2, 0) is 25.5 Å². The molecule has 42 heavy (non-hydrogen) atoms. The predicted molar refractivity (Wildman–Crippen MR) is 164 cm³/mol. The topological polar surface area (TPSA) is 98.3 Å². The van der Waals surface area contributed by atoms with Crippen molar-refractivity contribution >= 4 is 18.1 Å². The van der Waals surface area contributed by atoms with Gasteiger partial charge in [0.1, 0.15) is 6.61 Å². The van der Waals surface area contributed by atoms with E-state index in [0.717, 1.165) is 24.3 Å². The van der Waals surface area contributed by atoms with Crippen LogP contribution in [0.25, 0.3) is 0 Å². The zero-order valence-corrected chi connectivity index (χ0v) is 26.4. The molecule has 2 atom stereocenters. The molecule has 0 aromatic carbocycles. The van der Waals surface area contributed by atoms with Gasteiger partial charge in [-0.2, -0.15) is 0 Å². The van der Waals surface area contributed by atoms with Crippen LogP contribution in [0.1, 0.15) is 116 Å². The van der Waals surface area contributed by atoms with Crippen LogP contribution < -0.4 is 0 Å². The molecule has 0 bridgehead atoms. The summed E-state index contributed by atoms with van der Waals surface area (Å²) < 4.78 is 16.7. The smallest absolute Gasteiger partial charge is 0.416 e. The number of hydrogen-bond acceptors (Lipinski definition) is 7. The summed E-state index contributed by atoms with van der Waals surface area (Å²) >= 11 is 0. The number of pyridine rings is 1. The molecule has 1 fully saturated rings. The van der Waals surface area contributed by atoms with Crippen molar-refractivity contribution in [2.45, 2.75) is 123 Å². The third-order valence-electron chi connectivity index (χ3n) is 7.82. The fourth-order valence-electron chi connectivity index (χ4n) is 5.19. The molecule has 3 amide bonds. The third kappa shape index (κ3) is 15.0. The summed E-state index contributed by atoms with van der Waals surface area (Å²) in [6.07, 6.45) is 17.8. The Labute approximate surface area is 253 Å². The Morgan fingerprint density at radius 1 is 0.857 bits per heavy atom. The summed E-state index contributed by atoms with van der Waals surface area (Å²) in [6.45, 7) is 7.70. The molecule has 0 spiro atoms. The van der Waals surface area contributed by atoms with Gasteiger partial charge < -0.3 is 19.1 Å². The second-order valence-corrected chi connectivity index (χ2v) is 11.5. The largest absolute Gasteiger partial charge is 0.449 e. The number of aromatic nitrogens is 1. The minimum absolute atomic E-state index is 0.0371. The van der Waals surface area contributed by atoms with E-state index >= 15 is 0 Å². The highest BCUT2D eigenvalue weighted by molar-refractivity contribution is 5.90. The van der Waals surface area contributed by atoms with Gasteiger partial charge in [0.25, 0.3) is 0 Å². The molecule has 1 aliphatic rings. The minimum Gasteiger partial charge on any atom is -0.449 e. The Morgan fingerprint density at radius 3 is 2.05 bits per heavy atom. The van der Waals surface area contributed by atoms with Gasteiger partial charge in [-0.05, 0) is 31.9 Å². The van der Waals surface area contributed by atoms with Crippen molar-refractivity contribution in [1.82, 2.24) is 14.8 Å². The van der Waals surface area contributed by atoms with Crippen molar-refractivity contribution in [1.29, 1.82) is 0 Å². The van der Waals surface area contributed by atoms with Gasteiger partial charge in [0.05, 0.1) is 31.6 Å². The number of unbranched alkanes of at least 4 members (excludes halogenated alkanes) is 12. The summed E-state index contributed by atoms with van der Waals surface area (Å²) in [5, 5.41) is 0. The first-order chi connectivity index (χ1) is 20.4. The zero-order chi connectivity index (χ0) is 30.4. The Balaban J connectivity index is 1.53. The highest BCUT2D eigenvalue weighted by Gasteiger charge is 2.29. The minimum atomic E-state index is -0.724. The first-order valence-corrected chi connectivity index (χ1v) is 16.3. The van der Waals surface area contributed by atoms with E-state index in [1.165, 1.54) is 77.6 Å². The van der Waals surface area contributed by atoms with Crippen LogP contribution in [0.3, 0.4) is 0 Å². The van der Waals surface area contributed by atoms with E-state index in [4.69, 9.17) is 14.2 Å². The second kappa shape index (κ2) is 21.9. The molecule has 238 valence electrons. The number of hydrogen-bond donors (Lipinski definition) is 0. The lowest BCUT2D eigenvalue weighted by molar-refractivity contribution is -0.128. The number of rotatable bonds is 21. The Hall–Kier alpha value is -2.68. The fourth-order valence-corrected chi connectivity index (χ4v) is 5.19. The van der Waals surface area contributed by atoms with E-state index in [2.05, 4.69) is 11.9 Å². The first-order valence-electron chi connectivity index (χ1n) is 16.3. The molecule has 9 heteroatoms. The zero-order valence-electron chi connectivity index (χ0n) is 26.4. The monoisotopic (exact) mass is 589 g/mol. The van der Waals surface area contributed by atoms with Crippen LogP contribution in [0.4, 0.5) is 9.59 Å². The molecular formula is C33H55N3O6. The lowest BCUT2D eigenvalue weighted by Gasteiger charge is -2.21. The van der Waals surface area contributed by atoms with Crippen LogP contribution in [0.15, 0.2) is 24.4 Å². The number of carbonyl (C=O) groups excluding carboxylic acids is 3. The summed E-state index contributed by atoms with van der Waals surface area (Å²) in [5.41, 5.74) is 0.596. The number of nitrogens with zero attached hydrogens (tertiary/aromatic N) is 3. The van der Waals surface area contributed by atoms with Gasteiger partial charge in [0.2, 0.25) is 5.91 Å². The molecule has 1 aliphatic heterocycles. The van der Waals surface area contributed by atoms with Crippen molar-refractivity contribution in [2.75, 3.05) is 32.9 Å². The van der Waals surface area contributed by atoms with Crippen LogP contribution >= 0.6 is 0 Å². The highest BCUT2D eigenvalue weighted by Crippen LogP contribution is 2.21. The summed E-state index contributed by atoms with van der Waals surface area (Å²) in [4.78, 5) is 44.0. The quantitative estimate of drug-likeness (QED) is 0.137. The average molecular weight is 590 g/mol. The number of carbonyl (C=O) groups is 3. The van der Waals surface area contributed by atoms with E-state index in [1.54, 1.807) is 29.3 Å². The SMILES string of the molecule is CCCCCCCCCCCCCCCN(CC)C(=O)OC[C@@H]1CO[C@H](COC(=O)N(Cc2ccccn2)C(C)=O)C1. The van der Waals surface area contributed by atoms with Gasteiger partial charge in [0.15, 0.2) is 0 Å². The van der Waals surface area contributed by atoms with Crippen LogP contribution in [0.2, 0.25) is 0 Å². The number of imide groups is 1. The Morgan fingerprint density at radius 2 is 1.48 bits per heavy atom. The van der Waals surface area contributed by atoms with Crippen molar-refractivity contribution in [3.05, 3.63) is 30.1 Å². The van der Waals surface area contributed by atoms with Gasteiger partial charge in [-0.15, -0.1) is 0 Å². The first kappa shape index (κ1) is 35.5. The molecule has 0 N–H and O–H groups in total. The molecule has 9 nitrogen and oxygen atoms in total. The Bertz CT molecular complexity index is 884. The van der Waals surface area contributed by atoms with E-state index in [9.17, 15) is 14.4 Å². The van der Waals surface area contributed by atoms with Crippen molar-refractivity contribution < 1.29 is 28.6 Å². The van der Waals surface area contributed by atoms with Crippen LogP contribution in [-0.4, -0.2) is 71.9 Å². The number of amides is 3. The van der Waals surface area contributed by atoms with Crippen LogP contribution in [0, 0.1) is 5.92 Å². The Kier molecular flexibility index (Phi) is 18.6. The maximum absolute atomic E-state index is 12.6. The molecule has 1 aromatic rings. The highest BCUT2D eigenvalue weighted by atomic mass is 16.6. The summed E-state index contributed by atoms with van der Waals surface area (Å²) in [7, 11) is 0. The molecule has 2 heterocycles. The number of ether oxygens (including phenoxy) is 3. The fraction of sp³-hybridized carbons (Fsp3) is 0.758. The second-order valence-electron chi connectivity index (χ2n) is 11.5. The van der Waals surface area contributed by atoms with E-state index in [0.29, 0.717) is 25.3 Å². The van der Waals surface area contributed by atoms with Gasteiger partial charge in [-0.25, -0.2) is 14.5 Å². The van der Waals surface area contributed by atoms with Gasteiger partial charge in [-0.3, -0.25) is 9.78 Å². The van der Waals surface area contributed by atoms with E-state index in [1.807, 2.05) is 6.92 Å². The molecule has 0 unspecified atom stereocenters. The maximum atomic E-state index is 12.6. The molecule has 1 saturated heterocycles. The normalized spacial score (nSPS) is 16.3. The third-order valence-corrected chi connectivity index (χ3v) is 7.82. The molecule has 0 aliphatic carbocycles. The van der Waals surface area contributed by atoms with Crippen molar-refractivity contribution in [3.8, 4) is 0 Å². The molecular weight excluding hydrogens is 534 g/mol. The maximum Gasteiger partial charge on any atom is 0.416 e. The van der Waals surface area contributed by atoms with Gasteiger partial charge in [0, 0.05) is 32.1 Å². The summed E-state index contributed by atoms with van der Waals surface area (Å²) in [6, 6.07) is 5.31. The average Bonchev–Trinajstić information content (AvgIpc) is 3.46. The predicted octanol–water partition coefficient (Wildman–Crippen LogP) is 7.52. The lowest BCUT2D eigenvalue weighted by atomic mass is 10.0. The van der Waals surface area contributed by atoms with E-state index < -0.39 is 12.0 Å². The van der Waals surface area contributed by atoms with E-state index in [-0.39, 0.29) is 37.9 Å². The summed E-state index contributed by atoms with van der Waals surface area (Å²) in [5.74, 6) is -0.368. The lowest BCUT2D eigenvalue weighted by Crippen LogP contribution is -2.36. The van der Waals surface area contributed by atoms with Crippen molar-refractivity contribution in [2.24, 2.45) is 5.92 Å².